The van der Waals surface area contributed by atoms with Crippen molar-refractivity contribution in [1.82, 2.24) is 9.80 Å². The molecule has 0 N–H and O–H groups in total. The van der Waals surface area contributed by atoms with E-state index in [2.05, 4.69) is 0 Å². The first kappa shape index (κ1) is 15.4. The Morgan fingerprint density at radius 3 is 2.50 bits per heavy atom. The monoisotopic (exact) mass is 330 g/mol. The number of amides is 1. The zero-order valence-corrected chi connectivity index (χ0v) is 12.8. The third kappa shape index (κ3) is 2.61. The summed E-state index contributed by atoms with van der Waals surface area (Å²) in [4.78, 5) is 16.0. The summed E-state index contributed by atoms with van der Waals surface area (Å²) < 4.78 is 50.0. The summed E-state index contributed by atoms with van der Waals surface area (Å²) in [5.41, 5.74) is 0.0338. The van der Waals surface area contributed by atoms with Crippen LogP contribution in [-0.2, 0) is 9.84 Å². The van der Waals surface area contributed by atoms with Gasteiger partial charge in [0.05, 0.1) is 17.5 Å². The second-order valence-corrected chi connectivity index (χ2v) is 7.97. The number of carbonyl (C=O) groups is 1. The third-order valence-corrected chi connectivity index (χ3v) is 6.08. The molecule has 2 atom stereocenters. The van der Waals surface area contributed by atoms with Gasteiger partial charge in [-0.3, -0.25) is 9.69 Å². The topological polar surface area (TPSA) is 57.7 Å². The highest BCUT2D eigenvalue weighted by molar-refractivity contribution is 7.91. The zero-order valence-electron chi connectivity index (χ0n) is 12.0. The summed E-state index contributed by atoms with van der Waals surface area (Å²) in [6.45, 7) is 0.914. The number of benzene rings is 1. The first-order valence-electron chi connectivity index (χ1n) is 6.95. The maximum atomic E-state index is 13.3. The second kappa shape index (κ2) is 5.27. The quantitative estimate of drug-likeness (QED) is 0.753. The van der Waals surface area contributed by atoms with Gasteiger partial charge in [-0.1, -0.05) is 0 Å². The number of hydrogen-bond donors (Lipinski definition) is 0. The van der Waals surface area contributed by atoms with Crippen LogP contribution in [0.1, 0.15) is 10.4 Å². The van der Waals surface area contributed by atoms with E-state index in [9.17, 15) is 22.0 Å². The molecule has 120 valence electrons. The zero-order chi connectivity index (χ0) is 16.1. The average Bonchev–Trinajstić information content (AvgIpc) is 2.78. The minimum Gasteiger partial charge on any atom is -0.332 e. The highest BCUT2D eigenvalue weighted by Crippen LogP contribution is 2.27. The SMILES string of the molecule is CN1CCN(C(=O)c2ccc(F)c(F)c2)[C@@H]2CS(=O)(=O)C[C@@H]21. The molecule has 0 radical (unpaired) electrons. The van der Waals surface area contributed by atoms with Crippen LogP contribution in [0.15, 0.2) is 18.2 Å². The molecule has 1 aromatic carbocycles. The molecule has 1 amide bonds. The normalized spacial score (nSPS) is 27.7. The lowest BCUT2D eigenvalue weighted by molar-refractivity contribution is 0.0409. The molecule has 0 saturated carbocycles. The standard InChI is InChI=1S/C14H16F2N2O3S/c1-17-4-5-18(13-8-22(20,21)7-12(13)17)14(19)9-2-3-10(15)11(16)6-9/h2-3,6,12-13H,4-5,7-8H2,1H3/t12-,13+/m0/s1. The van der Waals surface area contributed by atoms with E-state index in [-0.39, 0.29) is 23.1 Å². The molecular weight excluding hydrogens is 314 g/mol. The number of fused-ring (bicyclic) bond motifs is 1. The molecule has 1 aromatic rings. The van der Waals surface area contributed by atoms with Gasteiger partial charge in [0.15, 0.2) is 21.5 Å². The highest BCUT2D eigenvalue weighted by Gasteiger charge is 2.47. The van der Waals surface area contributed by atoms with Crippen LogP contribution in [-0.4, -0.2) is 67.9 Å². The molecule has 2 aliphatic rings. The number of carbonyl (C=O) groups excluding carboxylic acids is 1. The Morgan fingerprint density at radius 1 is 1.14 bits per heavy atom. The van der Waals surface area contributed by atoms with Crippen LogP contribution in [0, 0.1) is 11.6 Å². The maximum Gasteiger partial charge on any atom is 0.254 e. The minimum atomic E-state index is -3.19. The number of halogens is 2. The van der Waals surface area contributed by atoms with Gasteiger partial charge in [0.1, 0.15) is 0 Å². The molecule has 2 fully saturated rings. The van der Waals surface area contributed by atoms with E-state index in [1.165, 1.54) is 11.0 Å². The molecule has 8 heteroatoms. The van der Waals surface area contributed by atoms with Crippen LogP contribution in [0.25, 0.3) is 0 Å². The number of nitrogens with zero attached hydrogens (tertiary/aromatic N) is 2. The second-order valence-electron chi connectivity index (χ2n) is 5.82. The Bertz CT molecular complexity index is 723. The van der Waals surface area contributed by atoms with Gasteiger partial charge in [0.25, 0.3) is 5.91 Å². The van der Waals surface area contributed by atoms with E-state index >= 15 is 0 Å². The van der Waals surface area contributed by atoms with Crippen LogP contribution in [0.5, 0.6) is 0 Å². The Balaban J connectivity index is 1.90. The van der Waals surface area contributed by atoms with Gasteiger partial charge in [0, 0.05) is 24.7 Å². The van der Waals surface area contributed by atoms with Gasteiger partial charge in [-0.15, -0.1) is 0 Å². The van der Waals surface area contributed by atoms with Crippen molar-refractivity contribution in [1.29, 1.82) is 0 Å². The summed E-state index contributed by atoms with van der Waals surface area (Å²) in [5.74, 6) is -2.63. The number of piperazine rings is 1. The Morgan fingerprint density at radius 2 is 1.82 bits per heavy atom. The summed E-state index contributed by atoms with van der Waals surface area (Å²) in [6, 6.07) is 2.30. The lowest BCUT2D eigenvalue weighted by Crippen LogP contribution is -2.59. The molecule has 0 aromatic heterocycles. The van der Waals surface area contributed by atoms with Crippen molar-refractivity contribution in [2.75, 3.05) is 31.6 Å². The molecule has 22 heavy (non-hydrogen) atoms. The van der Waals surface area contributed by atoms with Gasteiger partial charge >= 0.3 is 0 Å². The van der Waals surface area contributed by atoms with Crippen molar-refractivity contribution in [2.45, 2.75) is 12.1 Å². The van der Waals surface area contributed by atoms with Crippen molar-refractivity contribution in [3.63, 3.8) is 0 Å². The fourth-order valence-corrected chi connectivity index (χ4v) is 5.23. The van der Waals surface area contributed by atoms with Crippen molar-refractivity contribution in [3.8, 4) is 0 Å². The predicted molar refractivity (Wildman–Crippen MR) is 76.3 cm³/mol. The number of sulfone groups is 1. The number of hydrogen-bond acceptors (Lipinski definition) is 4. The average molecular weight is 330 g/mol. The first-order chi connectivity index (χ1) is 10.3. The van der Waals surface area contributed by atoms with Crippen molar-refractivity contribution in [2.24, 2.45) is 0 Å². The molecular formula is C14H16F2N2O3S. The van der Waals surface area contributed by atoms with Crippen molar-refractivity contribution in [3.05, 3.63) is 35.4 Å². The van der Waals surface area contributed by atoms with Crippen LogP contribution in [0.3, 0.4) is 0 Å². The fraction of sp³-hybridized carbons (Fsp3) is 0.500. The smallest absolute Gasteiger partial charge is 0.254 e. The molecule has 0 aliphatic carbocycles. The highest BCUT2D eigenvalue weighted by atomic mass is 32.2. The summed E-state index contributed by atoms with van der Waals surface area (Å²) in [6.07, 6.45) is 0. The molecule has 3 rings (SSSR count). The van der Waals surface area contributed by atoms with Gasteiger partial charge in [-0.25, -0.2) is 17.2 Å². The minimum absolute atomic E-state index is 0.0235. The van der Waals surface area contributed by atoms with E-state index in [1.54, 1.807) is 0 Å². The molecule has 2 saturated heterocycles. The van der Waals surface area contributed by atoms with E-state index in [1.807, 2.05) is 11.9 Å². The molecule has 0 spiro atoms. The lowest BCUT2D eigenvalue weighted by atomic mass is 10.0. The van der Waals surface area contributed by atoms with Crippen LogP contribution >= 0.6 is 0 Å². The molecule has 2 heterocycles. The Hall–Kier alpha value is -1.54. The van der Waals surface area contributed by atoms with Gasteiger partial charge < -0.3 is 4.90 Å². The van der Waals surface area contributed by atoms with Crippen LogP contribution in [0.4, 0.5) is 8.78 Å². The Labute approximate surface area is 127 Å². The lowest BCUT2D eigenvalue weighted by Gasteiger charge is -2.42. The van der Waals surface area contributed by atoms with Crippen molar-refractivity contribution < 1.29 is 22.0 Å². The van der Waals surface area contributed by atoms with Crippen molar-refractivity contribution >= 4 is 15.7 Å². The summed E-state index contributed by atoms with van der Waals surface area (Å²) in [5, 5.41) is 0. The summed E-state index contributed by atoms with van der Waals surface area (Å²) >= 11 is 0. The van der Waals surface area contributed by atoms with Gasteiger partial charge in [-0.2, -0.15) is 0 Å². The van der Waals surface area contributed by atoms with E-state index < -0.39 is 33.4 Å². The van der Waals surface area contributed by atoms with E-state index in [4.69, 9.17) is 0 Å². The predicted octanol–water partition coefficient (Wildman–Crippen LogP) is 0.518. The largest absolute Gasteiger partial charge is 0.332 e. The molecule has 2 aliphatic heterocycles. The molecule has 0 unspecified atom stereocenters. The molecule has 0 bridgehead atoms. The first-order valence-corrected chi connectivity index (χ1v) is 8.77. The van der Waals surface area contributed by atoms with Crippen LogP contribution < -0.4 is 0 Å². The summed E-state index contributed by atoms with van der Waals surface area (Å²) in [7, 11) is -1.36. The van der Waals surface area contributed by atoms with Crippen LogP contribution in [0.2, 0.25) is 0 Å². The fourth-order valence-electron chi connectivity index (χ4n) is 3.17. The van der Waals surface area contributed by atoms with Gasteiger partial charge in [-0.05, 0) is 25.2 Å². The third-order valence-electron chi connectivity index (χ3n) is 4.38. The van der Waals surface area contributed by atoms with E-state index in [0.717, 1.165) is 12.1 Å². The Kier molecular flexibility index (Phi) is 3.68. The number of likely N-dealkylation sites (N-methyl/N-ethyl adjacent to an activating group) is 1. The maximum absolute atomic E-state index is 13.3. The van der Waals surface area contributed by atoms with E-state index in [0.29, 0.717) is 13.1 Å². The van der Waals surface area contributed by atoms with Gasteiger partial charge in [0.2, 0.25) is 0 Å². The number of rotatable bonds is 1. The molecule has 5 nitrogen and oxygen atoms in total.